The van der Waals surface area contributed by atoms with Crippen LogP contribution >= 0.6 is 11.6 Å². The lowest BCUT2D eigenvalue weighted by Gasteiger charge is -2.14. The van der Waals surface area contributed by atoms with E-state index in [9.17, 15) is 19.9 Å². The van der Waals surface area contributed by atoms with Crippen LogP contribution in [-0.4, -0.2) is 29.0 Å². The molecule has 0 aliphatic heterocycles. The van der Waals surface area contributed by atoms with Crippen LogP contribution in [0.3, 0.4) is 0 Å². The van der Waals surface area contributed by atoms with E-state index in [1.807, 2.05) is 0 Å². The Morgan fingerprint density at radius 1 is 1.27 bits per heavy atom. The molecule has 134 valence electrons. The Balaban J connectivity index is 2.69. The molecule has 5 N–H and O–H groups in total. The number of nitrogens with zero attached hydrogens (tertiary/aromatic N) is 1. The minimum absolute atomic E-state index is 0.0715. The van der Waals surface area contributed by atoms with Crippen LogP contribution in [0.15, 0.2) is 47.3 Å². The zero-order valence-corrected chi connectivity index (χ0v) is 14.2. The maximum Gasteiger partial charge on any atom is 0.352 e. The largest absolute Gasteiger partial charge is 0.506 e. The van der Waals surface area contributed by atoms with Crippen molar-refractivity contribution in [1.82, 2.24) is 0 Å². The predicted molar refractivity (Wildman–Crippen MR) is 97.1 cm³/mol. The first-order valence-corrected chi connectivity index (χ1v) is 7.50. The van der Waals surface area contributed by atoms with Gasteiger partial charge in [-0.1, -0.05) is 23.7 Å². The lowest BCUT2D eigenvalue weighted by Crippen LogP contribution is -2.18. The molecule has 0 amide bonds. The standard InChI is InChI=1S/C17H14ClN3O5/c1-26-9-4-2-8(3-5-9)14(16(20)17(23)24)15(19)10-6-11(18)13(22)7-12(10)21-25/h2-7,19,22H,20H2,1H3,(H,23,24)/b16-14-,19-15?. The van der Waals surface area contributed by atoms with Gasteiger partial charge < -0.3 is 20.7 Å². The fourth-order valence-electron chi connectivity index (χ4n) is 2.26. The lowest BCUT2D eigenvalue weighted by atomic mass is 9.93. The Bertz CT molecular complexity index is 923. The van der Waals surface area contributed by atoms with E-state index in [1.165, 1.54) is 19.2 Å². The quantitative estimate of drug-likeness (QED) is 0.346. The number of benzene rings is 2. The zero-order chi connectivity index (χ0) is 19.4. The number of nitrogens with two attached hydrogens (primary N) is 1. The van der Waals surface area contributed by atoms with Gasteiger partial charge in [-0.05, 0) is 28.9 Å². The zero-order valence-electron chi connectivity index (χ0n) is 13.5. The summed E-state index contributed by atoms with van der Waals surface area (Å²) in [6, 6.07) is 8.32. The maximum absolute atomic E-state index is 11.4. The van der Waals surface area contributed by atoms with Crippen LogP contribution in [0.5, 0.6) is 11.5 Å². The SMILES string of the molecule is COc1ccc(/C(C(=N)c2cc(Cl)c(O)cc2N=O)=C(/N)C(=O)O)cc1. The van der Waals surface area contributed by atoms with Crippen molar-refractivity contribution in [2.24, 2.45) is 10.9 Å². The molecule has 0 bridgehead atoms. The van der Waals surface area contributed by atoms with Crippen molar-refractivity contribution in [3.05, 3.63) is 63.2 Å². The van der Waals surface area contributed by atoms with Crippen molar-refractivity contribution >= 4 is 34.5 Å². The second-order valence-electron chi connectivity index (χ2n) is 5.11. The van der Waals surface area contributed by atoms with Crippen LogP contribution in [0.2, 0.25) is 5.02 Å². The van der Waals surface area contributed by atoms with Crippen molar-refractivity contribution in [2.75, 3.05) is 7.11 Å². The summed E-state index contributed by atoms with van der Waals surface area (Å²) in [6.07, 6.45) is 0. The summed E-state index contributed by atoms with van der Waals surface area (Å²) in [7, 11) is 1.47. The monoisotopic (exact) mass is 375 g/mol. The van der Waals surface area contributed by atoms with Gasteiger partial charge in [-0.25, -0.2) is 4.79 Å². The van der Waals surface area contributed by atoms with Crippen molar-refractivity contribution in [2.45, 2.75) is 0 Å². The molecule has 0 unspecified atom stereocenters. The summed E-state index contributed by atoms with van der Waals surface area (Å²) in [5, 5.41) is 29.9. The highest BCUT2D eigenvalue weighted by Crippen LogP contribution is 2.35. The van der Waals surface area contributed by atoms with Gasteiger partial charge in [-0.15, -0.1) is 4.91 Å². The van der Waals surface area contributed by atoms with E-state index in [4.69, 9.17) is 27.5 Å². The molecule has 8 nitrogen and oxygen atoms in total. The number of aliphatic carboxylic acids is 1. The number of hydrogen-bond donors (Lipinski definition) is 4. The van der Waals surface area contributed by atoms with Crippen molar-refractivity contribution < 1.29 is 19.7 Å². The predicted octanol–water partition coefficient (Wildman–Crippen LogP) is 3.27. The first kappa shape index (κ1) is 18.9. The molecule has 0 aliphatic carbocycles. The number of phenolic OH excluding ortho intramolecular Hbond substituents is 1. The Morgan fingerprint density at radius 2 is 1.88 bits per heavy atom. The molecular weight excluding hydrogens is 362 g/mol. The molecule has 0 aromatic heterocycles. The van der Waals surface area contributed by atoms with Gasteiger partial charge in [0, 0.05) is 17.2 Å². The number of carbonyl (C=O) groups is 1. The molecule has 0 radical (unpaired) electrons. The van der Waals surface area contributed by atoms with Crippen molar-refractivity contribution in [1.29, 1.82) is 5.41 Å². The van der Waals surface area contributed by atoms with Gasteiger partial charge in [0.15, 0.2) is 0 Å². The minimum atomic E-state index is -1.44. The first-order valence-electron chi connectivity index (χ1n) is 7.12. The maximum atomic E-state index is 11.4. The van der Waals surface area contributed by atoms with Crippen LogP contribution in [0.1, 0.15) is 11.1 Å². The highest BCUT2D eigenvalue weighted by Gasteiger charge is 2.22. The number of carboxylic acids is 1. The fourth-order valence-corrected chi connectivity index (χ4v) is 2.42. The highest BCUT2D eigenvalue weighted by molar-refractivity contribution is 6.37. The summed E-state index contributed by atoms with van der Waals surface area (Å²) in [5.41, 5.74) is 4.53. The summed E-state index contributed by atoms with van der Waals surface area (Å²) in [6.45, 7) is 0. The number of rotatable bonds is 6. The number of nitroso groups, excluding NO2 is 1. The fraction of sp³-hybridized carbons (Fsp3) is 0.0588. The first-order chi connectivity index (χ1) is 12.3. The van der Waals surface area contributed by atoms with Crippen LogP contribution < -0.4 is 10.5 Å². The molecule has 26 heavy (non-hydrogen) atoms. The van der Waals surface area contributed by atoms with Crippen molar-refractivity contribution in [3.63, 3.8) is 0 Å². The Kier molecular flexibility index (Phi) is 5.58. The van der Waals surface area contributed by atoms with E-state index < -0.39 is 11.7 Å². The van der Waals surface area contributed by atoms with E-state index in [0.717, 1.165) is 12.1 Å². The number of allylic oxidation sites excluding steroid dienone is 1. The second kappa shape index (κ2) is 7.66. The summed E-state index contributed by atoms with van der Waals surface area (Å²) in [4.78, 5) is 22.5. The molecule has 0 aliphatic rings. The normalized spacial score (nSPS) is 11.5. The third kappa shape index (κ3) is 3.65. The second-order valence-corrected chi connectivity index (χ2v) is 5.52. The molecule has 2 aromatic rings. The van der Waals surface area contributed by atoms with E-state index in [2.05, 4.69) is 5.18 Å². The van der Waals surface area contributed by atoms with Gasteiger partial charge in [0.2, 0.25) is 0 Å². The molecule has 0 heterocycles. The number of halogens is 1. The van der Waals surface area contributed by atoms with E-state index in [-0.39, 0.29) is 33.3 Å². The third-order valence-corrected chi connectivity index (χ3v) is 3.86. The van der Waals surface area contributed by atoms with Crippen LogP contribution in [0.4, 0.5) is 5.69 Å². The number of methoxy groups -OCH3 is 1. The smallest absolute Gasteiger partial charge is 0.352 e. The Labute approximate surface area is 153 Å². The highest BCUT2D eigenvalue weighted by atomic mass is 35.5. The topological polar surface area (TPSA) is 146 Å². The van der Waals surface area contributed by atoms with E-state index in [0.29, 0.717) is 11.3 Å². The van der Waals surface area contributed by atoms with Crippen LogP contribution in [0, 0.1) is 10.3 Å². The number of phenols is 1. The molecule has 9 heteroatoms. The van der Waals surface area contributed by atoms with Crippen molar-refractivity contribution in [3.8, 4) is 11.5 Å². The number of nitrogens with one attached hydrogen (secondary N) is 1. The van der Waals surface area contributed by atoms with E-state index >= 15 is 0 Å². The Hall–Kier alpha value is -3.39. The molecule has 0 spiro atoms. The molecule has 0 fully saturated rings. The van der Waals surface area contributed by atoms with Gasteiger partial charge in [0.05, 0.1) is 17.8 Å². The molecule has 0 atom stereocenters. The van der Waals surface area contributed by atoms with Gasteiger partial charge in [-0.2, -0.15) is 0 Å². The van der Waals surface area contributed by atoms with Gasteiger partial charge >= 0.3 is 5.97 Å². The average molecular weight is 376 g/mol. The third-order valence-electron chi connectivity index (χ3n) is 3.56. The molecular formula is C17H14ClN3O5. The van der Waals surface area contributed by atoms with Gasteiger partial charge in [-0.3, -0.25) is 5.41 Å². The molecule has 0 saturated heterocycles. The van der Waals surface area contributed by atoms with Gasteiger partial charge in [0.1, 0.15) is 22.9 Å². The van der Waals surface area contributed by atoms with Crippen LogP contribution in [-0.2, 0) is 4.79 Å². The minimum Gasteiger partial charge on any atom is -0.506 e. The molecule has 2 rings (SSSR count). The van der Waals surface area contributed by atoms with Gasteiger partial charge in [0.25, 0.3) is 0 Å². The number of hydrogen-bond acceptors (Lipinski definition) is 7. The molecule has 2 aromatic carbocycles. The average Bonchev–Trinajstić information content (AvgIpc) is 2.63. The number of ether oxygens (including phenoxy) is 1. The lowest BCUT2D eigenvalue weighted by molar-refractivity contribution is -0.132. The molecule has 0 saturated carbocycles. The summed E-state index contributed by atoms with van der Waals surface area (Å²) >= 11 is 5.85. The number of aromatic hydroxyl groups is 1. The Morgan fingerprint density at radius 3 is 2.38 bits per heavy atom. The summed E-state index contributed by atoms with van der Waals surface area (Å²) < 4.78 is 5.05. The van der Waals surface area contributed by atoms with E-state index in [1.54, 1.807) is 12.1 Å². The number of carboxylic acid groups (broad SMARTS) is 1. The summed E-state index contributed by atoms with van der Waals surface area (Å²) in [5.74, 6) is -1.30. The van der Waals surface area contributed by atoms with Crippen LogP contribution in [0.25, 0.3) is 5.57 Å².